The van der Waals surface area contributed by atoms with E-state index in [1.807, 2.05) is 0 Å². The van der Waals surface area contributed by atoms with Crippen LogP contribution >= 0.6 is 12.2 Å². The molecule has 1 amide bonds. The standard InChI is InChI=1S/C20H23F2N5O4S/c1-31-20(32)24-18(16-8-23-26-25-16)12-6-14(21)17(15(22)7-12)11-2-4-27(5-3-11)19(30)13(9-28)10-29/h2,6-8,13,18,28-29H,3-5,9-10H2,1H3,(H,24,32)(H,23,25,26). The second-order valence-corrected chi connectivity index (χ2v) is 7.52. The van der Waals surface area contributed by atoms with Gasteiger partial charge in [0.1, 0.15) is 23.4 Å². The minimum Gasteiger partial charge on any atom is -0.474 e. The predicted octanol–water partition coefficient (Wildman–Crippen LogP) is 0.910. The molecule has 1 aliphatic rings. The molecule has 0 bridgehead atoms. The number of methoxy groups -OCH3 is 1. The molecule has 0 saturated carbocycles. The fourth-order valence-corrected chi connectivity index (χ4v) is 3.61. The van der Waals surface area contributed by atoms with Crippen molar-refractivity contribution in [2.45, 2.75) is 12.5 Å². The quantitative estimate of drug-likeness (QED) is 0.443. The van der Waals surface area contributed by atoms with E-state index in [-0.39, 0.29) is 35.8 Å². The van der Waals surface area contributed by atoms with Gasteiger partial charge < -0.3 is 25.2 Å². The second kappa shape index (κ2) is 10.6. The van der Waals surface area contributed by atoms with Crippen LogP contribution in [0.4, 0.5) is 8.78 Å². The van der Waals surface area contributed by atoms with Gasteiger partial charge in [-0.3, -0.25) is 9.89 Å². The smallest absolute Gasteiger partial charge is 0.257 e. The molecule has 2 aromatic rings. The van der Waals surface area contributed by atoms with E-state index in [1.54, 1.807) is 6.08 Å². The average molecular weight is 467 g/mol. The van der Waals surface area contributed by atoms with E-state index in [2.05, 4.69) is 20.7 Å². The van der Waals surface area contributed by atoms with Gasteiger partial charge >= 0.3 is 0 Å². The van der Waals surface area contributed by atoms with Gasteiger partial charge in [0.25, 0.3) is 5.17 Å². The lowest BCUT2D eigenvalue weighted by molar-refractivity contribution is -0.137. The number of benzene rings is 1. The van der Waals surface area contributed by atoms with Crippen molar-refractivity contribution in [1.82, 2.24) is 25.6 Å². The van der Waals surface area contributed by atoms with Crippen LogP contribution in [0.2, 0.25) is 0 Å². The van der Waals surface area contributed by atoms with Crippen molar-refractivity contribution in [3.8, 4) is 0 Å². The summed E-state index contributed by atoms with van der Waals surface area (Å²) in [5, 5.41) is 31.3. The van der Waals surface area contributed by atoms with Gasteiger partial charge in [-0.25, -0.2) is 8.78 Å². The molecule has 0 aliphatic carbocycles. The first-order valence-electron chi connectivity index (χ1n) is 9.79. The summed E-state index contributed by atoms with van der Waals surface area (Å²) in [4.78, 5) is 13.7. The Morgan fingerprint density at radius 2 is 2.03 bits per heavy atom. The summed E-state index contributed by atoms with van der Waals surface area (Å²) >= 11 is 5.02. The van der Waals surface area contributed by atoms with Crippen LogP contribution in [0, 0.1) is 17.6 Å². The summed E-state index contributed by atoms with van der Waals surface area (Å²) < 4.78 is 35.0. The van der Waals surface area contributed by atoms with Crippen LogP contribution < -0.4 is 5.32 Å². The van der Waals surface area contributed by atoms with Crippen molar-refractivity contribution >= 4 is 28.9 Å². The summed E-state index contributed by atoms with van der Waals surface area (Å²) in [6.07, 6.45) is 3.27. The van der Waals surface area contributed by atoms with Crippen molar-refractivity contribution in [2.75, 3.05) is 33.4 Å². The van der Waals surface area contributed by atoms with E-state index >= 15 is 8.78 Å². The van der Waals surface area contributed by atoms with E-state index in [0.29, 0.717) is 11.3 Å². The maximum absolute atomic E-state index is 15.0. The lowest BCUT2D eigenvalue weighted by atomic mass is 9.94. The molecule has 0 saturated heterocycles. The molecule has 0 spiro atoms. The van der Waals surface area contributed by atoms with Crippen LogP contribution in [0.1, 0.15) is 29.3 Å². The fraction of sp³-hybridized carbons (Fsp3) is 0.400. The molecule has 12 heteroatoms. The molecular weight excluding hydrogens is 444 g/mol. The molecule has 9 nitrogen and oxygen atoms in total. The normalized spacial score (nSPS) is 14.8. The number of amides is 1. The zero-order chi connectivity index (χ0) is 23.3. The van der Waals surface area contributed by atoms with Crippen LogP contribution in [0.3, 0.4) is 0 Å². The van der Waals surface area contributed by atoms with E-state index < -0.39 is 42.7 Å². The summed E-state index contributed by atoms with van der Waals surface area (Å²) in [5.41, 5.74) is 0.858. The number of carbonyl (C=O) groups excluding carboxylic acids is 1. The van der Waals surface area contributed by atoms with Gasteiger partial charge in [0, 0.05) is 24.8 Å². The molecule has 1 aliphatic heterocycles. The Morgan fingerprint density at radius 3 is 2.53 bits per heavy atom. The third kappa shape index (κ3) is 5.09. The summed E-state index contributed by atoms with van der Waals surface area (Å²) in [5.74, 6) is -2.85. The SMILES string of the molecule is COC(=S)NC(c1cc(F)c(C2=CCN(C(=O)C(CO)CO)CC2)c(F)c1)c1c[nH]nn1. The Bertz CT molecular complexity index is 975. The summed E-state index contributed by atoms with van der Waals surface area (Å²) in [6.45, 7) is -0.607. The first-order chi connectivity index (χ1) is 15.4. The number of aliphatic hydroxyl groups is 2. The number of H-pyrrole nitrogens is 1. The predicted molar refractivity (Wildman–Crippen MR) is 114 cm³/mol. The number of aromatic amines is 1. The number of nitrogens with one attached hydrogen (secondary N) is 2. The van der Waals surface area contributed by atoms with Gasteiger partial charge in [-0.2, -0.15) is 0 Å². The number of nitrogens with zero attached hydrogens (tertiary/aromatic N) is 3. The summed E-state index contributed by atoms with van der Waals surface area (Å²) in [6, 6.07) is 1.59. The molecule has 0 fully saturated rings. The number of ether oxygens (including phenoxy) is 1. The van der Waals surface area contributed by atoms with Crippen LogP contribution in [0.5, 0.6) is 0 Å². The van der Waals surface area contributed by atoms with Crippen LogP contribution in [-0.2, 0) is 9.53 Å². The zero-order valence-electron chi connectivity index (χ0n) is 17.2. The Balaban J connectivity index is 1.86. The molecule has 4 N–H and O–H groups in total. The minimum atomic E-state index is -0.906. The zero-order valence-corrected chi connectivity index (χ0v) is 18.0. The third-order valence-corrected chi connectivity index (χ3v) is 5.49. The van der Waals surface area contributed by atoms with Crippen LogP contribution in [0.15, 0.2) is 24.4 Å². The molecule has 0 radical (unpaired) electrons. The van der Waals surface area contributed by atoms with E-state index in [0.717, 1.165) is 0 Å². The topological polar surface area (TPSA) is 124 Å². The largest absolute Gasteiger partial charge is 0.474 e. The number of halogens is 2. The number of hydrogen-bond donors (Lipinski definition) is 4. The minimum absolute atomic E-state index is 0.0201. The van der Waals surface area contributed by atoms with Crippen molar-refractivity contribution in [1.29, 1.82) is 0 Å². The monoisotopic (exact) mass is 467 g/mol. The van der Waals surface area contributed by atoms with Crippen LogP contribution in [-0.4, -0.2) is 75.0 Å². The lowest BCUT2D eigenvalue weighted by Crippen LogP contribution is -2.41. The molecule has 32 heavy (non-hydrogen) atoms. The van der Waals surface area contributed by atoms with Gasteiger partial charge in [0.2, 0.25) is 5.91 Å². The molecule has 1 aromatic heterocycles. The maximum atomic E-state index is 15.0. The van der Waals surface area contributed by atoms with Crippen molar-refractivity contribution in [3.63, 3.8) is 0 Å². The van der Waals surface area contributed by atoms with E-state index in [9.17, 15) is 15.0 Å². The third-order valence-electron chi connectivity index (χ3n) is 5.21. The van der Waals surface area contributed by atoms with Crippen LogP contribution in [0.25, 0.3) is 5.57 Å². The highest BCUT2D eigenvalue weighted by atomic mass is 32.1. The first kappa shape index (κ1) is 23.7. The number of hydrogen-bond acceptors (Lipinski definition) is 7. The summed E-state index contributed by atoms with van der Waals surface area (Å²) in [7, 11) is 1.37. The van der Waals surface area contributed by atoms with Crippen molar-refractivity contribution in [2.24, 2.45) is 5.92 Å². The molecule has 1 aromatic carbocycles. The number of rotatable bonds is 7. The highest BCUT2D eigenvalue weighted by Crippen LogP contribution is 2.31. The fourth-order valence-electron chi connectivity index (χ4n) is 3.49. The molecule has 1 atom stereocenters. The molecule has 172 valence electrons. The average Bonchev–Trinajstić information content (AvgIpc) is 3.32. The maximum Gasteiger partial charge on any atom is 0.257 e. The molecule has 3 rings (SSSR count). The highest BCUT2D eigenvalue weighted by molar-refractivity contribution is 7.80. The first-order valence-corrected chi connectivity index (χ1v) is 10.2. The Labute approximate surface area is 188 Å². The molecule has 1 unspecified atom stereocenters. The molecule has 2 heterocycles. The lowest BCUT2D eigenvalue weighted by Gasteiger charge is -2.29. The number of aliphatic hydroxyl groups excluding tert-OH is 2. The van der Waals surface area contributed by atoms with Gasteiger partial charge in [0.15, 0.2) is 0 Å². The number of carbonyl (C=O) groups is 1. The Kier molecular flexibility index (Phi) is 7.83. The highest BCUT2D eigenvalue weighted by Gasteiger charge is 2.27. The van der Waals surface area contributed by atoms with Gasteiger partial charge in [-0.15, -0.1) is 5.10 Å². The van der Waals surface area contributed by atoms with Crippen molar-refractivity contribution in [3.05, 3.63) is 52.9 Å². The second-order valence-electron chi connectivity index (χ2n) is 7.15. The number of thiocarbonyl (C=S) groups is 1. The van der Waals surface area contributed by atoms with E-state index in [1.165, 1.54) is 30.3 Å². The van der Waals surface area contributed by atoms with Crippen molar-refractivity contribution < 1.29 is 28.5 Å². The Morgan fingerprint density at radius 1 is 1.34 bits per heavy atom. The van der Waals surface area contributed by atoms with Gasteiger partial charge in [0.05, 0.1) is 26.2 Å². The van der Waals surface area contributed by atoms with E-state index in [4.69, 9.17) is 17.0 Å². The molecular formula is C20H23F2N5O4S. The van der Waals surface area contributed by atoms with Gasteiger partial charge in [-0.05, 0) is 41.9 Å². The number of aromatic nitrogens is 3. The van der Waals surface area contributed by atoms with Gasteiger partial charge in [-0.1, -0.05) is 11.3 Å². The Hall–Kier alpha value is -2.96.